The van der Waals surface area contributed by atoms with E-state index in [4.69, 9.17) is 14.3 Å². The van der Waals surface area contributed by atoms with Gasteiger partial charge in [0.15, 0.2) is 0 Å². The number of hydrogen-bond acceptors (Lipinski definition) is 6. The molecule has 0 saturated carbocycles. The molecule has 1 aromatic heterocycles. The number of esters is 1. The van der Waals surface area contributed by atoms with Crippen LogP contribution in [0.4, 0.5) is 0 Å². The van der Waals surface area contributed by atoms with Crippen LogP contribution in [0.15, 0.2) is 21.6 Å². The second-order valence-corrected chi connectivity index (χ2v) is 5.11. The fraction of sp³-hybridized carbons (Fsp3) is 0.500. The Bertz CT molecular complexity index is 508. The maximum atomic E-state index is 11.3. The largest absolute Gasteiger partial charge is 0.465 e. The Balaban J connectivity index is 2.54. The molecule has 7 nitrogen and oxygen atoms in total. The number of hydrogen-bond donors (Lipinski definition) is 2. The quantitative estimate of drug-likeness (QED) is 0.706. The van der Waals surface area contributed by atoms with Crippen molar-refractivity contribution < 1.29 is 22.4 Å². The lowest BCUT2D eigenvalue weighted by atomic mass is 10.3. The molecule has 0 aromatic carbocycles. The van der Waals surface area contributed by atoms with Crippen LogP contribution in [0, 0.1) is 0 Å². The molecule has 8 heteroatoms. The smallest absolute Gasteiger partial charge is 0.322 e. The zero-order valence-corrected chi connectivity index (χ0v) is 11.0. The summed E-state index contributed by atoms with van der Waals surface area (Å²) in [4.78, 5) is 11.3. The molecule has 1 aromatic rings. The number of sulfonamides is 1. The Morgan fingerprint density at radius 1 is 1.56 bits per heavy atom. The van der Waals surface area contributed by atoms with Crippen LogP contribution < -0.4 is 10.5 Å². The summed E-state index contributed by atoms with van der Waals surface area (Å²) in [5, 5.41) is 7.44. The Labute approximate surface area is 105 Å². The molecular weight excluding hydrogens is 260 g/mol. The molecule has 0 amide bonds. The van der Waals surface area contributed by atoms with Crippen LogP contribution in [-0.2, 0) is 26.1 Å². The summed E-state index contributed by atoms with van der Waals surface area (Å²) in [5.41, 5.74) is 0. The third kappa shape index (κ3) is 4.13. The number of carbonyl (C=O) groups excluding carboxylic acids is 1. The SMILES string of the molecule is CCOC(=O)C(C)NCc1ccc(S(N)(=O)=O)o1. The van der Waals surface area contributed by atoms with Crippen molar-refractivity contribution in [3.8, 4) is 0 Å². The summed E-state index contributed by atoms with van der Waals surface area (Å²) in [7, 11) is -3.83. The number of ether oxygens (including phenoxy) is 1. The summed E-state index contributed by atoms with van der Waals surface area (Å²) >= 11 is 0. The van der Waals surface area contributed by atoms with Crippen molar-refractivity contribution in [2.24, 2.45) is 5.14 Å². The highest BCUT2D eigenvalue weighted by molar-refractivity contribution is 7.89. The molecule has 0 spiro atoms. The van der Waals surface area contributed by atoms with E-state index in [2.05, 4.69) is 5.32 Å². The highest BCUT2D eigenvalue weighted by Crippen LogP contribution is 2.11. The molecule has 0 radical (unpaired) electrons. The van der Waals surface area contributed by atoms with Gasteiger partial charge in [-0.3, -0.25) is 10.1 Å². The lowest BCUT2D eigenvalue weighted by Gasteiger charge is -2.11. The van der Waals surface area contributed by atoms with Crippen molar-refractivity contribution >= 4 is 16.0 Å². The molecule has 3 N–H and O–H groups in total. The van der Waals surface area contributed by atoms with Gasteiger partial charge >= 0.3 is 5.97 Å². The number of furan rings is 1. The summed E-state index contributed by atoms with van der Waals surface area (Å²) in [5.74, 6) is -0.00843. The molecule has 1 unspecified atom stereocenters. The maximum Gasteiger partial charge on any atom is 0.322 e. The Hall–Kier alpha value is -1.38. The number of nitrogens with two attached hydrogens (primary N) is 1. The van der Waals surface area contributed by atoms with Crippen molar-refractivity contribution in [2.75, 3.05) is 6.61 Å². The van der Waals surface area contributed by atoms with E-state index in [1.54, 1.807) is 13.8 Å². The predicted octanol–water partition coefficient (Wildman–Crippen LogP) is -0.0318. The van der Waals surface area contributed by atoms with Gasteiger partial charge < -0.3 is 9.15 Å². The lowest BCUT2D eigenvalue weighted by molar-refractivity contribution is -0.145. The van der Waals surface area contributed by atoms with Crippen LogP contribution in [0.2, 0.25) is 0 Å². The highest BCUT2D eigenvalue weighted by atomic mass is 32.2. The van der Waals surface area contributed by atoms with Gasteiger partial charge in [-0.2, -0.15) is 0 Å². The van der Waals surface area contributed by atoms with Gasteiger partial charge in [0.2, 0.25) is 5.09 Å². The number of nitrogens with one attached hydrogen (secondary N) is 1. The predicted molar refractivity (Wildman–Crippen MR) is 63.0 cm³/mol. The Morgan fingerprint density at radius 2 is 2.22 bits per heavy atom. The standard InChI is InChI=1S/C10H16N2O5S/c1-3-16-10(13)7(2)12-6-8-4-5-9(17-8)18(11,14)15/h4-5,7,12H,3,6H2,1-2H3,(H2,11,14,15). The summed E-state index contributed by atoms with van der Waals surface area (Å²) in [6.45, 7) is 3.87. The third-order valence-corrected chi connectivity index (χ3v) is 2.92. The molecule has 1 heterocycles. The van der Waals surface area contributed by atoms with Crippen LogP contribution in [0.1, 0.15) is 19.6 Å². The van der Waals surface area contributed by atoms with Crippen molar-refractivity contribution in [3.63, 3.8) is 0 Å². The van der Waals surface area contributed by atoms with E-state index >= 15 is 0 Å². The van der Waals surface area contributed by atoms with Gasteiger partial charge in [-0.05, 0) is 26.0 Å². The molecule has 1 rings (SSSR count). The van der Waals surface area contributed by atoms with Crippen LogP contribution in [0.25, 0.3) is 0 Å². The minimum Gasteiger partial charge on any atom is -0.465 e. The molecule has 1 atom stereocenters. The van der Waals surface area contributed by atoms with Crippen molar-refractivity contribution in [2.45, 2.75) is 31.5 Å². The third-order valence-electron chi connectivity index (χ3n) is 2.14. The minimum atomic E-state index is -3.83. The average Bonchev–Trinajstić information content (AvgIpc) is 2.74. The molecule has 102 valence electrons. The Kier molecular flexibility index (Phi) is 4.88. The second-order valence-electron chi connectivity index (χ2n) is 3.62. The second kappa shape index (κ2) is 5.98. The first-order chi connectivity index (χ1) is 8.34. The normalized spacial score (nSPS) is 13.3. The first-order valence-corrected chi connectivity index (χ1v) is 6.90. The fourth-order valence-electron chi connectivity index (χ4n) is 1.21. The van der Waals surface area contributed by atoms with Gasteiger partial charge in [-0.1, -0.05) is 0 Å². The van der Waals surface area contributed by atoms with Crippen LogP contribution >= 0.6 is 0 Å². The van der Waals surface area contributed by atoms with Gasteiger partial charge in [0.25, 0.3) is 10.0 Å². The van der Waals surface area contributed by atoms with Gasteiger partial charge in [-0.25, -0.2) is 13.6 Å². The first-order valence-electron chi connectivity index (χ1n) is 5.36. The summed E-state index contributed by atoms with van der Waals surface area (Å²) in [6, 6.07) is 2.24. The molecule has 0 fully saturated rings. The summed E-state index contributed by atoms with van der Waals surface area (Å²) < 4.78 is 31.7. The van der Waals surface area contributed by atoms with Crippen molar-refractivity contribution in [3.05, 3.63) is 17.9 Å². The minimum absolute atomic E-state index is 0.204. The van der Waals surface area contributed by atoms with Crippen LogP contribution in [0.5, 0.6) is 0 Å². The van der Waals surface area contributed by atoms with Crippen molar-refractivity contribution in [1.82, 2.24) is 5.32 Å². The zero-order valence-electron chi connectivity index (χ0n) is 10.2. The van der Waals surface area contributed by atoms with Crippen LogP contribution in [-0.4, -0.2) is 27.0 Å². The van der Waals surface area contributed by atoms with Crippen LogP contribution in [0.3, 0.4) is 0 Å². The van der Waals surface area contributed by atoms with E-state index in [-0.39, 0.29) is 17.6 Å². The zero-order chi connectivity index (χ0) is 13.8. The average molecular weight is 276 g/mol. The fourth-order valence-corrected chi connectivity index (χ4v) is 1.69. The number of primary sulfonamides is 1. The summed E-state index contributed by atoms with van der Waals surface area (Å²) in [6.07, 6.45) is 0. The molecular formula is C10H16N2O5S. The van der Waals surface area contributed by atoms with Crippen molar-refractivity contribution in [1.29, 1.82) is 0 Å². The Morgan fingerprint density at radius 3 is 2.72 bits per heavy atom. The van der Waals surface area contributed by atoms with E-state index in [1.165, 1.54) is 12.1 Å². The topological polar surface area (TPSA) is 112 Å². The molecule has 0 saturated heterocycles. The molecule has 18 heavy (non-hydrogen) atoms. The van der Waals surface area contributed by atoms with Gasteiger partial charge in [0.05, 0.1) is 13.2 Å². The van der Waals surface area contributed by atoms with E-state index in [9.17, 15) is 13.2 Å². The van der Waals surface area contributed by atoms with E-state index in [1.807, 2.05) is 0 Å². The molecule has 0 aliphatic carbocycles. The monoisotopic (exact) mass is 276 g/mol. The highest BCUT2D eigenvalue weighted by Gasteiger charge is 2.16. The first kappa shape index (κ1) is 14.7. The number of carbonyl (C=O) groups is 1. The van der Waals surface area contributed by atoms with Gasteiger partial charge in [0.1, 0.15) is 11.8 Å². The van der Waals surface area contributed by atoms with E-state index in [0.717, 1.165) is 0 Å². The maximum absolute atomic E-state index is 11.3. The lowest BCUT2D eigenvalue weighted by Crippen LogP contribution is -2.34. The molecule has 0 aliphatic heterocycles. The number of rotatable bonds is 6. The van der Waals surface area contributed by atoms with Gasteiger partial charge in [-0.15, -0.1) is 0 Å². The van der Waals surface area contributed by atoms with E-state index in [0.29, 0.717) is 12.4 Å². The molecule has 0 aliphatic rings. The van der Waals surface area contributed by atoms with E-state index < -0.39 is 16.1 Å². The molecule has 0 bridgehead atoms. The van der Waals surface area contributed by atoms with Gasteiger partial charge in [0, 0.05) is 0 Å².